The lowest BCUT2D eigenvalue weighted by Gasteiger charge is -2.29. The molecule has 0 bridgehead atoms. The molecule has 0 spiro atoms. The van der Waals surface area contributed by atoms with Crippen LogP contribution in [0.15, 0.2) is 18.2 Å². The van der Waals surface area contributed by atoms with Gasteiger partial charge in [0.2, 0.25) is 0 Å². The molecule has 1 amide bonds. The molecule has 5 nitrogen and oxygen atoms in total. The van der Waals surface area contributed by atoms with E-state index in [2.05, 4.69) is 5.32 Å². The number of benzene rings is 1. The molecule has 1 aromatic rings. The Morgan fingerprint density at radius 1 is 1.20 bits per heavy atom. The van der Waals surface area contributed by atoms with Crippen molar-refractivity contribution < 1.29 is 19.0 Å². The third-order valence-corrected chi connectivity index (χ3v) is 5.43. The number of alkyl carbamates (subject to hydrolysis) is 1. The maximum absolute atomic E-state index is 10.9. The van der Waals surface area contributed by atoms with Crippen molar-refractivity contribution >= 4 is 29.3 Å². The molecule has 3 atom stereocenters. The van der Waals surface area contributed by atoms with E-state index in [0.29, 0.717) is 48.2 Å². The van der Waals surface area contributed by atoms with Gasteiger partial charge in [-0.15, -0.1) is 0 Å². The van der Waals surface area contributed by atoms with Crippen molar-refractivity contribution in [2.45, 2.75) is 37.9 Å². The summed E-state index contributed by atoms with van der Waals surface area (Å²) in [5.74, 6) is 0.699. The molecule has 1 N–H and O–H groups in total. The lowest BCUT2D eigenvalue weighted by molar-refractivity contribution is -0.168. The number of halogens is 2. The molecular weight excluding hydrogens is 365 g/mol. The van der Waals surface area contributed by atoms with Gasteiger partial charge in [-0.1, -0.05) is 29.3 Å². The van der Waals surface area contributed by atoms with Gasteiger partial charge in [0.05, 0.1) is 23.3 Å². The zero-order valence-corrected chi connectivity index (χ0v) is 15.5. The highest BCUT2D eigenvalue weighted by Crippen LogP contribution is 2.32. The molecule has 0 saturated carbocycles. The van der Waals surface area contributed by atoms with Crippen LogP contribution < -0.4 is 5.32 Å². The van der Waals surface area contributed by atoms with Crippen LogP contribution in [0, 0.1) is 5.92 Å². The smallest absolute Gasteiger partial charge is 0.407 e. The van der Waals surface area contributed by atoms with Crippen LogP contribution >= 0.6 is 23.2 Å². The Morgan fingerprint density at radius 2 is 2.08 bits per heavy atom. The Bertz CT molecular complexity index is 580. The van der Waals surface area contributed by atoms with Crippen LogP contribution in [0.1, 0.15) is 37.2 Å². The van der Waals surface area contributed by atoms with Gasteiger partial charge in [0.25, 0.3) is 0 Å². The SMILES string of the molecule is O=C1NCC(CCCOC2CCC(c3ccc(Cl)c(Cl)c3)CO2)CO1. The molecule has 3 rings (SSSR count). The predicted octanol–water partition coefficient (Wildman–Crippen LogP) is 4.37. The number of ether oxygens (including phenoxy) is 3. The van der Waals surface area contributed by atoms with Crippen molar-refractivity contribution in [2.75, 3.05) is 26.4 Å². The van der Waals surface area contributed by atoms with E-state index in [1.165, 1.54) is 0 Å². The van der Waals surface area contributed by atoms with E-state index < -0.39 is 0 Å². The number of hydrogen-bond acceptors (Lipinski definition) is 4. The molecule has 0 aromatic heterocycles. The van der Waals surface area contributed by atoms with Crippen LogP contribution in [0.5, 0.6) is 0 Å². The second-order valence-electron chi connectivity index (χ2n) is 6.57. The van der Waals surface area contributed by atoms with Gasteiger partial charge in [-0.25, -0.2) is 4.79 Å². The first-order valence-corrected chi connectivity index (χ1v) is 9.46. The van der Waals surface area contributed by atoms with Crippen LogP contribution in [0.3, 0.4) is 0 Å². The highest BCUT2D eigenvalue weighted by atomic mass is 35.5. The Morgan fingerprint density at radius 3 is 2.76 bits per heavy atom. The Balaban J connectivity index is 1.32. The fraction of sp³-hybridized carbons (Fsp3) is 0.611. The van der Waals surface area contributed by atoms with Gasteiger partial charge < -0.3 is 19.5 Å². The number of cyclic esters (lactones) is 1. The molecule has 2 fully saturated rings. The first kappa shape index (κ1) is 18.8. The largest absolute Gasteiger partial charge is 0.449 e. The van der Waals surface area contributed by atoms with Gasteiger partial charge in [0.1, 0.15) is 0 Å². The number of hydrogen-bond donors (Lipinski definition) is 1. The van der Waals surface area contributed by atoms with Crippen LogP contribution in [0.25, 0.3) is 0 Å². The van der Waals surface area contributed by atoms with Gasteiger partial charge >= 0.3 is 6.09 Å². The quantitative estimate of drug-likeness (QED) is 0.736. The molecule has 7 heteroatoms. The van der Waals surface area contributed by atoms with E-state index in [-0.39, 0.29) is 12.4 Å². The predicted molar refractivity (Wildman–Crippen MR) is 96.2 cm³/mol. The average Bonchev–Trinajstić information content (AvgIpc) is 2.63. The Kier molecular flexibility index (Phi) is 6.82. The molecule has 25 heavy (non-hydrogen) atoms. The third kappa shape index (κ3) is 5.48. The lowest BCUT2D eigenvalue weighted by Crippen LogP contribution is -2.38. The van der Waals surface area contributed by atoms with Crippen LogP contribution in [-0.4, -0.2) is 38.7 Å². The molecule has 2 heterocycles. The summed E-state index contributed by atoms with van der Waals surface area (Å²) >= 11 is 12.1. The molecule has 1 aromatic carbocycles. The zero-order chi connectivity index (χ0) is 17.6. The van der Waals surface area contributed by atoms with Crippen molar-refractivity contribution in [1.82, 2.24) is 5.32 Å². The van der Waals surface area contributed by atoms with Gasteiger partial charge in [-0.2, -0.15) is 0 Å². The monoisotopic (exact) mass is 387 g/mol. The van der Waals surface area contributed by atoms with Crippen LogP contribution in [0.4, 0.5) is 4.79 Å². The number of amides is 1. The normalized spacial score (nSPS) is 26.8. The third-order valence-electron chi connectivity index (χ3n) is 4.69. The van der Waals surface area contributed by atoms with Gasteiger partial charge in [-0.05, 0) is 43.4 Å². The molecule has 2 saturated heterocycles. The summed E-state index contributed by atoms with van der Waals surface area (Å²) in [4.78, 5) is 10.9. The maximum atomic E-state index is 10.9. The second kappa shape index (κ2) is 9.08. The highest BCUT2D eigenvalue weighted by molar-refractivity contribution is 6.42. The summed E-state index contributed by atoms with van der Waals surface area (Å²) in [7, 11) is 0. The highest BCUT2D eigenvalue weighted by Gasteiger charge is 2.24. The molecular formula is C18H23Cl2NO4. The summed E-state index contributed by atoms with van der Waals surface area (Å²) in [6, 6.07) is 5.76. The standard InChI is InChI=1S/C18H23Cl2NO4/c19-15-5-3-13(8-16(15)20)14-4-6-17(24-11-14)23-7-1-2-12-9-21-18(22)25-10-12/h3,5,8,12,14,17H,1-2,4,6-7,9-11H2,(H,21,22). The van der Waals surface area contributed by atoms with E-state index in [9.17, 15) is 4.79 Å². The van der Waals surface area contributed by atoms with Crippen molar-refractivity contribution in [3.8, 4) is 0 Å². The minimum absolute atomic E-state index is 0.138. The fourth-order valence-electron chi connectivity index (χ4n) is 3.19. The van der Waals surface area contributed by atoms with Gasteiger partial charge in [-0.3, -0.25) is 0 Å². The van der Waals surface area contributed by atoms with E-state index in [1.54, 1.807) is 0 Å². The molecule has 138 valence electrons. The van der Waals surface area contributed by atoms with E-state index in [1.807, 2.05) is 18.2 Å². The van der Waals surface area contributed by atoms with E-state index >= 15 is 0 Å². The summed E-state index contributed by atoms with van der Waals surface area (Å²) in [6.45, 7) is 2.47. The number of rotatable bonds is 6. The fourth-order valence-corrected chi connectivity index (χ4v) is 3.50. The Hall–Kier alpha value is -1.01. The summed E-state index contributed by atoms with van der Waals surface area (Å²) in [5.41, 5.74) is 1.16. The van der Waals surface area contributed by atoms with Crippen LogP contribution in [0.2, 0.25) is 10.0 Å². The number of nitrogens with one attached hydrogen (secondary N) is 1. The molecule has 2 aliphatic heterocycles. The summed E-state index contributed by atoms with van der Waals surface area (Å²) < 4.78 is 16.6. The molecule has 0 radical (unpaired) electrons. The van der Waals surface area contributed by atoms with Crippen molar-refractivity contribution in [1.29, 1.82) is 0 Å². The van der Waals surface area contributed by atoms with Crippen molar-refractivity contribution in [3.05, 3.63) is 33.8 Å². The minimum atomic E-state index is -0.320. The Labute approximate surface area is 157 Å². The van der Waals surface area contributed by atoms with E-state index in [0.717, 1.165) is 31.2 Å². The molecule has 2 aliphatic rings. The molecule has 3 unspecified atom stereocenters. The minimum Gasteiger partial charge on any atom is -0.449 e. The number of carbonyl (C=O) groups excluding carboxylic acids is 1. The lowest BCUT2D eigenvalue weighted by atomic mass is 9.93. The summed E-state index contributed by atoms with van der Waals surface area (Å²) in [5, 5.41) is 3.86. The first-order valence-electron chi connectivity index (χ1n) is 8.70. The average molecular weight is 388 g/mol. The van der Waals surface area contributed by atoms with Crippen molar-refractivity contribution in [2.24, 2.45) is 5.92 Å². The first-order chi connectivity index (χ1) is 12.1. The zero-order valence-electron chi connectivity index (χ0n) is 14.0. The van der Waals surface area contributed by atoms with Gasteiger partial charge in [0.15, 0.2) is 6.29 Å². The summed E-state index contributed by atoms with van der Waals surface area (Å²) in [6.07, 6.45) is 3.32. The second-order valence-corrected chi connectivity index (χ2v) is 7.38. The topological polar surface area (TPSA) is 56.8 Å². The van der Waals surface area contributed by atoms with Crippen molar-refractivity contribution in [3.63, 3.8) is 0 Å². The van der Waals surface area contributed by atoms with Crippen LogP contribution in [-0.2, 0) is 14.2 Å². The van der Waals surface area contributed by atoms with E-state index in [4.69, 9.17) is 37.4 Å². The van der Waals surface area contributed by atoms with Gasteiger partial charge in [0, 0.05) is 25.0 Å². The number of carbonyl (C=O) groups is 1. The molecule has 0 aliphatic carbocycles. The maximum Gasteiger partial charge on any atom is 0.407 e.